The number of benzene rings is 1. The van der Waals surface area contributed by atoms with Crippen LogP contribution >= 0.6 is 23.1 Å². The van der Waals surface area contributed by atoms with Gasteiger partial charge in [0.15, 0.2) is 0 Å². The number of thiophene rings is 1. The third kappa shape index (κ3) is 5.75. The van der Waals surface area contributed by atoms with Gasteiger partial charge in [-0.3, -0.25) is 4.90 Å². The highest BCUT2D eigenvalue weighted by Gasteiger charge is 2.36. The quantitative estimate of drug-likeness (QED) is 0.274. The van der Waals surface area contributed by atoms with Crippen molar-refractivity contribution >= 4 is 44.9 Å². The van der Waals surface area contributed by atoms with Crippen LogP contribution in [0.2, 0.25) is 0 Å². The van der Waals surface area contributed by atoms with E-state index in [1.54, 1.807) is 12.1 Å². The summed E-state index contributed by atoms with van der Waals surface area (Å²) in [6.07, 6.45) is -3.75. The Labute approximate surface area is 214 Å². The fourth-order valence-electron chi connectivity index (χ4n) is 4.34. The number of thioether (sulfide) groups is 1. The predicted octanol–water partition coefficient (Wildman–Crippen LogP) is 5.01. The van der Waals surface area contributed by atoms with E-state index >= 15 is 0 Å². The Morgan fingerprint density at radius 2 is 2.14 bits per heavy atom. The van der Waals surface area contributed by atoms with E-state index in [2.05, 4.69) is 26.1 Å². The molecular weight excluding hydrogens is 546 g/mol. The zero-order valence-electron chi connectivity index (χ0n) is 18.8. The molecule has 3 aromatic rings. The number of anilines is 1. The second-order valence-corrected chi connectivity index (χ2v) is 10.7. The molecule has 0 radical (unpaired) electrons. The van der Waals surface area contributed by atoms with Crippen LogP contribution in [0, 0.1) is 0 Å². The molecule has 37 heavy (non-hydrogen) atoms. The van der Waals surface area contributed by atoms with Crippen molar-refractivity contribution < 1.29 is 35.7 Å². The van der Waals surface area contributed by atoms with Gasteiger partial charge in [0.1, 0.15) is 12.2 Å². The van der Waals surface area contributed by atoms with Crippen LogP contribution in [-0.4, -0.2) is 71.4 Å². The molecule has 0 unspecified atom stereocenters. The van der Waals surface area contributed by atoms with Crippen molar-refractivity contribution in [2.24, 2.45) is 0 Å². The number of aromatic nitrogens is 2. The molecule has 2 amide bonds. The maximum atomic E-state index is 14.8. The Bertz CT molecular complexity index is 1280. The number of fused-ring (bicyclic) bond motifs is 1. The minimum absolute atomic E-state index is 0.0444. The molecule has 0 spiro atoms. The molecule has 16 heteroatoms. The monoisotopic (exact) mass is 566 g/mol. The van der Waals surface area contributed by atoms with E-state index in [0.29, 0.717) is 10.4 Å². The number of nitrogens with one attached hydrogen (secondary N) is 3. The SMILES string of the molecule is O=C1NC[C@H](c2nc(-c3sc4c(N[C@@H]5CCN(CC(F)F)C[C@@H]5F)cccc4c3SC(F)(F)F)no2)N1. The second-order valence-electron chi connectivity index (χ2n) is 8.56. The molecule has 1 aromatic carbocycles. The lowest BCUT2D eigenvalue weighted by Crippen LogP contribution is -2.49. The Morgan fingerprint density at radius 3 is 2.81 bits per heavy atom. The number of amides is 2. The molecule has 2 aliphatic heterocycles. The number of hydrogen-bond donors (Lipinski definition) is 3. The van der Waals surface area contributed by atoms with Crippen molar-refractivity contribution in [3.8, 4) is 10.7 Å². The average molecular weight is 567 g/mol. The van der Waals surface area contributed by atoms with Gasteiger partial charge in [-0.05, 0) is 24.2 Å². The van der Waals surface area contributed by atoms with Gasteiger partial charge in [0.2, 0.25) is 5.82 Å². The zero-order chi connectivity index (χ0) is 26.3. The standard InChI is InChI=1S/C21H20F6N6O2S2/c22-10-7-33(8-14(23)24)5-4-11(10)29-12-3-1-2-9-15(12)36-17(16(9)37-21(25,26)27)18-31-19(35-32-18)13-6-28-20(34)30-13/h1-3,10-11,13-14,29H,4-8H2,(H2,28,30,34)/t10-,11+,13+/m0/s1. The molecule has 4 heterocycles. The van der Waals surface area contributed by atoms with E-state index in [1.807, 2.05) is 0 Å². The first-order chi connectivity index (χ1) is 17.6. The molecule has 8 nitrogen and oxygen atoms in total. The number of carbonyl (C=O) groups excluding carboxylic acids is 1. The van der Waals surface area contributed by atoms with Crippen molar-refractivity contribution in [2.75, 3.05) is 31.5 Å². The molecule has 0 aliphatic carbocycles. The number of urea groups is 1. The lowest BCUT2D eigenvalue weighted by atomic mass is 10.0. The first-order valence-electron chi connectivity index (χ1n) is 11.2. The number of rotatable bonds is 7. The number of likely N-dealkylation sites (tertiary alicyclic amines) is 1. The number of carbonyl (C=O) groups is 1. The van der Waals surface area contributed by atoms with Gasteiger partial charge in [-0.15, -0.1) is 11.3 Å². The van der Waals surface area contributed by atoms with E-state index in [0.717, 1.165) is 11.3 Å². The molecule has 0 bridgehead atoms. The number of alkyl halides is 6. The Balaban J connectivity index is 1.46. The highest BCUT2D eigenvalue weighted by atomic mass is 32.2. The van der Waals surface area contributed by atoms with Crippen molar-refractivity contribution in [1.82, 2.24) is 25.7 Å². The van der Waals surface area contributed by atoms with Gasteiger partial charge < -0.3 is 20.5 Å². The number of halogens is 6. The molecule has 200 valence electrons. The molecule has 0 saturated carbocycles. The molecule has 2 aliphatic rings. The van der Waals surface area contributed by atoms with Gasteiger partial charge >= 0.3 is 11.5 Å². The predicted molar refractivity (Wildman–Crippen MR) is 126 cm³/mol. The van der Waals surface area contributed by atoms with Crippen LogP contribution in [0.5, 0.6) is 0 Å². The largest absolute Gasteiger partial charge is 0.446 e. The lowest BCUT2D eigenvalue weighted by molar-refractivity contribution is -0.0327. The van der Waals surface area contributed by atoms with Crippen LogP contribution in [0.25, 0.3) is 20.8 Å². The Kier molecular flexibility index (Phi) is 7.15. The van der Waals surface area contributed by atoms with Crippen LogP contribution in [-0.2, 0) is 0 Å². The smallest absolute Gasteiger partial charge is 0.378 e. The summed E-state index contributed by atoms with van der Waals surface area (Å²) in [5.74, 6) is -0.0262. The molecule has 5 rings (SSSR count). The molecule has 3 atom stereocenters. The first-order valence-corrected chi connectivity index (χ1v) is 12.8. The minimum Gasteiger partial charge on any atom is -0.378 e. The van der Waals surface area contributed by atoms with Gasteiger partial charge in [-0.2, -0.15) is 18.2 Å². The number of hydrogen-bond acceptors (Lipinski definition) is 8. The third-order valence-corrected chi connectivity index (χ3v) is 8.19. The van der Waals surface area contributed by atoms with E-state index < -0.39 is 42.8 Å². The van der Waals surface area contributed by atoms with Crippen LogP contribution in [0.15, 0.2) is 27.6 Å². The maximum absolute atomic E-state index is 14.8. The van der Waals surface area contributed by atoms with Crippen LogP contribution in [0.1, 0.15) is 18.4 Å². The summed E-state index contributed by atoms with van der Waals surface area (Å²) in [5.41, 5.74) is -4.19. The highest BCUT2D eigenvalue weighted by molar-refractivity contribution is 8.00. The van der Waals surface area contributed by atoms with Crippen molar-refractivity contribution in [3.63, 3.8) is 0 Å². The summed E-state index contributed by atoms with van der Waals surface area (Å²) in [6.45, 7) is -0.226. The van der Waals surface area contributed by atoms with E-state index in [1.165, 1.54) is 11.0 Å². The lowest BCUT2D eigenvalue weighted by Gasteiger charge is -2.35. The number of nitrogens with zero attached hydrogens (tertiary/aromatic N) is 3. The summed E-state index contributed by atoms with van der Waals surface area (Å²) in [4.78, 5) is 17.0. The Morgan fingerprint density at radius 1 is 1.32 bits per heavy atom. The Hall–Kier alpha value is -2.72. The van der Waals surface area contributed by atoms with E-state index in [-0.39, 0.29) is 64.7 Å². The first kappa shape index (κ1) is 25.9. The van der Waals surface area contributed by atoms with Gasteiger partial charge in [0.05, 0.1) is 27.9 Å². The number of piperidine rings is 1. The molecule has 2 aromatic heterocycles. The fourth-order valence-corrected chi connectivity index (χ4v) is 6.45. The fraction of sp³-hybridized carbons (Fsp3) is 0.476. The van der Waals surface area contributed by atoms with E-state index in [9.17, 15) is 31.1 Å². The zero-order valence-corrected chi connectivity index (χ0v) is 20.5. The topological polar surface area (TPSA) is 95.3 Å². The van der Waals surface area contributed by atoms with Gasteiger partial charge in [-0.1, -0.05) is 17.3 Å². The average Bonchev–Trinajstić information content (AvgIpc) is 3.53. The summed E-state index contributed by atoms with van der Waals surface area (Å²) < 4.78 is 86.3. The van der Waals surface area contributed by atoms with Crippen LogP contribution < -0.4 is 16.0 Å². The summed E-state index contributed by atoms with van der Waals surface area (Å²) >= 11 is 0.685. The second kappa shape index (κ2) is 10.2. The van der Waals surface area contributed by atoms with Gasteiger partial charge in [0, 0.05) is 29.9 Å². The van der Waals surface area contributed by atoms with Gasteiger partial charge in [-0.25, -0.2) is 18.0 Å². The van der Waals surface area contributed by atoms with Crippen molar-refractivity contribution in [3.05, 3.63) is 24.1 Å². The summed E-state index contributed by atoms with van der Waals surface area (Å²) in [7, 11) is 0. The maximum Gasteiger partial charge on any atom is 0.446 e. The molecule has 2 fully saturated rings. The highest BCUT2D eigenvalue weighted by Crippen LogP contribution is 2.50. The summed E-state index contributed by atoms with van der Waals surface area (Å²) in [6, 6.07) is 2.97. The minimum atomic E-state index is -4.61. The molecule has 3 N–H and O–H groups in total. The molecule has 2 saturated heterocycles. The van der Waals surface area contributed by atoms with Gasteiger partial charge in [0.25, 0.3) is 12.3 Å². The van der Waals surface area contributed by atoms with Crippen molar-refractivity contribution in [2.45, 2.75) is 41.5 Å². The summed E-state index contributed by atoms with van der Waals surface area (Å²) in [5, 5.41) is 12.3. The normalized spacial score (nSPS) is 23.0. The van der Waals surface area contributed by atoms with Crippen LogP contribution in [0.3, 0.4) is 0 Å². The van der Waals surface area contributed by atoms with E-state index in [4.69, 9.17) is 4.52 Å². The van der Waals surface area contributed by atoms with Crippen LogP contribution in [0.4, 0.5) is 36.8 Å². The third-order valence-electron chi connectivity index (χ3n) is 5.97. The molecular formula is C21H20F6N6O2S2. The van der Waals surface area contributed by atoms with Crippen molar-refractivity contribution in [1.29, 1.82) is 0 Å².